The van der Waals surface area contributed by atoms with Gasteiger partial charge in [-0.2, -0.15) is 0 Å². The van der Waals surface area contributed by atoms with Crippen LogP contribution in [0.1, 0.15) is 139 Å². The quantitative estimate of drug-likeness (QED) is 0.0385. The van der Waals surface area contributed by atoms with Crippen molar-refractivity contribution in [3.63, 3.8) is 0 Å². The summed E-state index contributed by atoms with van der Waals surface area (Å²) in [6.07, 6.45) is 14.4. The maximum Gasteiger partial charge on any atom is 0.339 e. The van der Waals surface area contributed by atoms with Gasteiger partial charge < -0.3 is 18.9 Å². The maximum atomic E-state index is 12.6. The molecule has 1 rings (SSSR count). The summed E-state index contributed by atoms with van der Waals surface area (Å²) in [6.45, 7) is 14.1. The Balaban J connectivity index is 0. The second-order valence-electron chi connectivity index (χ2n) is 11.0. The minimum Gasteiger partial charge on any atom is -0.463 e. The zero-order valence-electron chi connectivity index (χ0n) is 28.7. The molecule has 0 N–H and O–H groups in total. The molecule has 0 aliphatic heterocycles. The van der Waals surface area contributed by atoms with Crippen LogP contribution < -0.4 is 0 Å². The molecule has 254 valence electrons. The van der Waals surface area contributed by atoms with Crippen LogP contribution in [0.5, 0.6) is 0 Å². The second kappa shape index (κ2) is 30.3. The molecule has 0 amide bonds. The third-order valence-corrected chi connectivity index (χ3v) is 7.19. The van der Waals surface area contributed by atoms with E-state index >= 15 is 0 Å². The summed E-state index contributed by atoms with van der Waals surface area (Å²) in [4.78, 5) is 47.2. The maximum absolute atomic E-state index is 12.6. The smallest absolute Gasteiger partial charge is 0.339 e. The standard InChI is InChI=1S/C24H38O4.C12H20O4.Sn/c1-5-9-13-19(7-3)17-27-23(25)21-15-11-12-16-22(21)24(26)28-18-20(8-4)14-10-6-2;1-3-5-9-15-11(13)7-8-12(14)16-10-6-4-2;/h11-12,15-16,19-20H,5-10,13-14,17-18H2,1-4H3;7-8H,3-6,9-10H2,1-2H3;/b;8-7-;. The van der Waals surface area contributed by atoms with Crippen molar-refractivity contribution < 1.29 is 38.1 Å². The summed E-state index contributed by atoms with van der Waals surface area (Å²) in [6, 6.07) is 6.77. The van der Waals surface area contributed by atoms with E-state index in [-0.39, 0.29) is 23.9 Å². The number of carbonyl (C=O) groups excluding carboxylic acids is 4. The summed E-state index contributed by atoms with van der Waals surface area (Å²) in [5, 5.41) is 0. The van der Waals surface area contributed by atoms with E-state index in [9.17, 15) is 19.2 Å². The van der Waals surface area contributed by atoms with Crippen molar-refractivity contribution in [2.75, 3.05) is 26.4 Å². The van der Waals surface area contributed by atoms with Crippen LogP contribution in [0.25, 0.3) is 0 Å². The van der Waals surface area contributed by atoms with Crippen molar-refractivity contribution in [1.29, 1.82) is 0 Å². The molecule has 45 heavy (non-hydrogen) atoms. The molecular formula is C36H58O8Sn. The normalized spacial score (nSPS) is 11.8. The van der Waals surface area contributed by atoms with Gasteiger partial charge in [-0.3, -0.25) is 0 Å². The predicted molar refractivity (Wildman–Crippen MR) is 180 cm³/mol. The molecule has 0 bridgehead atoms. The number of esters is 4. The van der Waals surface area contributed by atoms with Gasteiger partial charge in [0.25, 0.3) is 0 Å². The minimum atomic E-state index is -0.499. The SMILES string of the molecule is CCCCC(CC)COC(=O)c1ccccc1C(=O)OCC(CC)CCCC.CCCCOC(=O)/C=C\C(=O)OCCCC.[Sn]. The molecule has 0 fully saturated rings. The fourth-order valence-corrected chi connectivity index (χ4v) is 4.04. The Morgan fingerprint density at radius 2 is 0.933 bits per heavy atom. The number of carbonyl (C=O) groups is 4. The van der Waals surface area contributed by atoms with Crippen LogP contribution in [0.2, 0.25) is 0 Å². The average Bonchev–Trinajstić information content (AvgIpc) is 3.04. The number of benzene rings is 1. The third kappa shape index (κ3) is 22.7. The molecule has 0 saturated heterocycles. The first kappa shape index (κ1) is 44.8. The Bertz CT molecular complexity index is 887. The molecule has 0 aliphatic carbocycles. The molecular weight excluding hydrogens is 679 g/mol. The molecule has 1 aromatic carbocycles. The summed E-state index contributed by atoms with van der Waals surface area (Å²) in [7, 11) is 0. The van der Waals surface area contributed by atoms with Crippen molar-refractivity contribution in [1.82, 2.24) is 0 Å². The van der Waals surface area contributed by atoms with Gasteiger partial charge in [0.1, 0.15) is 0 Å². The van der Waals surface area contributed by atoms with E-state index in [1.165, 1.54) is 0 Å². The zero-order valence-corrected chi connectivity index (χ0v) is 31.6. The minimum absolute atomic E-state index is 0. The Morgan fingerprint density at radius 3 is 1.24 bits per heavy atom. The molecule has 1 aromatic rings. The van der Waals surface area contributed by atoms with E-state index in [0.29, 0.717) is 49.4 Å². The first-order chi connectivity index (χ1) is 21.3. The molecule has 0 aliphatic rings. The van der Waals surface area contributed by atoms with Crippen LogP contribution in [-0.4, -0.2) is 74.2 Å². The van der Waals surface area contributed by atoms with E-state index in [1.807, 2.05) is 13.8 Å². The molecule has 8 nitrogen and oxygen atoms in total. The summed E-state index contributed by atoms with van der Waals surface area (Å²) >= 11 is 0. The van der Waals surface area contributed by atoms with E-state index in [0.717, 1.165) is 89.2 Å². The van der Waals surface area contributed by atoms with Crippen LogP contribution >= 0.6 is 0 Å². The number of unbranched alkanes of at least 4 members (excludes halogenated alkanes) is 4. The van der Waals surface area contributed by atoms with Gasteiger partial charge >= 0.3 is 23.9 Å². The molecule has 9 heteroatoms. The van der Waals surface area contributed by atoms with Gasteiger partial charge in [-0.05, 0) is 49.7 Å². The number of ether oxygens (including phenoxy) is 4. The molecule has 2 unspecified atom stereocenters. The van der Waals surface area contributed by atoms with Crippen molar-refractivity contribution in [3.8, 4) is 0 Å². The first-order valence-electron chi connectivity index (χ1n) is 16.7. The van der Waals surface area contributed by atoms with Crippen LogP contribution in [-0.2, 0) is 28.5 Å². The summed E-state index contributed by atoms with van der Waals surface area (Å²) in [5.41, 5.74) is 0.582. The van der Waals surface area contributed by atoms with E-state index in [4.69, 9.17) is 18.9 Å². The zero-order chi connectivity index (χ0) is 33.0. The molecule has 4 radical (unpaired) electrons. The summed E-state index contributed by atoms with van der Waals surface area (Å²) < 4.78 is 20.7. The van der Waals surface area contributed by atoms with Crippen LogP contribution in [0.15, 0.2) is 36.4 Å². The Labute approximate surface area is 289 Å². The Kier molecular flexibility index (Phi) is 30.1. The van der Waals surface area contributed by atoms with Crippen molar-refractivity contribution >= 4 is 47.8 Å². The Hall–Kier alpha value is -2.36. The number of hydrogen-bond acceptors (Lipinski definition) is 8. The van der Waals surface area contributed by atoms with E-state index in [1.54, 1.807) is 24.3 Å². The molecule has 0 saturated carbocycles. The van der Waals surface area contributed by atoms with E-state index in [2.05, 4.69) is 27.7 Å². The average molecular weight is 738 g/mol. The number of rotatable bonds is 22. The van der Waals surface area contributed by atoms with Gasteiger partial charge in [0.15, 0.2) is 0 Å². The fraction of sp³-hybridized carbons (Fsp3) is 0.667. The number of hydrogen-bond donors (Lipinski definition) is 0. The largest absolute Gasteiger partial charge is 0.463 e. The monoisotopic (exact) mass is 738 g/mol. The van der Waals surface area contributed by atoms with Gasteiger partial charge in [-0.1, -0.05) is 105 Å². The summed E-state index contributed by atoms with van der Waals surface area (Å²) in [5.74, 6) is -1.15. The molecule has 0 spiro atoms. The molecule has 2 atom stereocenters. The Morgan fingerprint density at radius 1 is 0.578 bits per heavy atom. The molecule has 0 heterocycles. The predicted octanol–water partition coefficient (Wildman–Crippen LogP) is 8.28. The van der Waals surface area contributed by atoms with Crippen molar-refractivity contribution in [3.05, 3.63) is 47.5 Å². The topological polar surface area (TPSA) is 105 Å². The first-order valence-corrected chi connectivity index (χ1v) is 16.7. The van der Waals surface area contributed by atoms with Crippen molar-refractivity contribution in [2.45, 2.75) is 119 Å². The molecule has 0 aromatic heterocycles. The van der Waals surface area contributed by atoms with Crippen molar-refractivity contribution in [2.24, 2.45) is 11.8 Å². The van der Waals surface area contributed by atoms with Gasteiger partial charge in [-0.25, -0.2) is 19.2 Å². The van der Waals surface area contributed by atoms with Crippen LogP contribution in [0, 0.1) is 11.8 Å². The van der Waals surface area contributed by atoms with Gasteiger partial charge in [0, 0.05) is 36.1 Å². The third-order valence-electron chi connectivity index (χ3n) is 7.19. The fourth-order valence-electron chi connectivity index (χ4n) is 4.04. The van der Waals surface area contributed by atoms with Crippen LogP contribution in [0.3, 0.4) is 0 Å². The van der Waals surface area contributed by atoms with Gasteiger partial charge in [0.05, 0.1) is 37.6 Å². The van der Waals surface area contributed by atoms with Gasteiger partial charge in [0.2, 0.25) is 0 Å². The van der Waals surface area contributed by atoms with Gasteiger partial charge in [-0.15, -0.1) is 0 Å². The van der Waals surface area contributed by atoms with E-state index < -0.39 is 23.9 Å². The second-order valence-corrected chi connectivity index (χ2v) is 11.0. The van der Waals surface area contributed by atoms with Crippen LogP contribution in [0.4, 0.5) is 0 Å².